The van der Waals surface area contributed by atoms with Crippen molar-refractivity contribution in [1.29, 1.82) is 0 Å². The third-order valence-corrected chi connectivity index (χ3v) is 5.95. The van der Waals surface area contributed by atoms with Crippen LogP contribution in [0.3, 0.4) is 0 Å². The van der Waals surface area contributed by atoms with E-state index in [1.54, 1.807) is 13.1 Å². The first-order chi connectivity index (χ1) is 15.5. The van der Waals surface area contributed by atoms with Crippen LogP contribution in [0.2, 0.25) is 0 Å². The highest BCUT2D eigenvalue weighted by molar-refractivity contribution is 5.95. The van der Waals surface area contributed by atoms with Gasteiger partial charge in [-0.25, -0.2) is 4.79 Å². The number of rotatable bonds is 3. The fraction of sp³-hybridized carbons (Fsp3) is 0.476. The first-order valence-electron chi connectivity index (χ1n) is 10.2. The largest absolute Gasteiger partial charge is 0.490 e. The van der Waals surface area contributed by atoms with Crippen LogP contribution < -0.4 is 0 Å². The Bertz CT molecular complexity index is 1000. The number of amides is 2. The summed E-state index contributed by atoms with van der Waals surface area (Å²) >= 11 is 0. The fourth-order valence-electron chi connectivity index (χ4n) is 4.12. The maximum atomic E-state index is 12.7. The first-order valence-corrected chi connectivity index (χ1v) is 10.2. The van der Waals surface area contributed by atoms with Gasteiger partial charge in [0.15, 0.2) is 0 Å². The number of likely N-dealkylation sites (tertiary alicyclic amines) is 2. The molecule has 9 nitrogen and oxygen atoms in total. The van der Waals surface area contributed by atoms with Gasteiger partial charge in [0.25, 0.3) is 5.91 Å². The molecule has 0 atom stereocenters. The van der Waals surface area contributed by atoms with Crippen molar-refractivity contribution in [3.63, 3.8) is 0 Å². The number of pyridine rings is 1. The average Bonchev–Trinajstić information content (AvgIpc) is 3.33. The molecule has 33 heavy (non-hydrogen) atoms. The van der Waals surface area contributed by atoms with Crippen molar-refractivity contribution >= 4 is 17.8 Å². The number of piperidine rings is 1. The molecule has 178 valence electrons. The maximum Gasteiger partial charge on any atom is 0.490 e. The van der Waals surface area contributed by atoms with E-state index in [4.69, 9.17) is 14.4 Å². The maximum absolute atomic E-state index is 12.7. The number of aliphatic carboxylic acids is 1. The second-order valence-corrected chi connectivity index (χ2v) is 7.97. The highest BCUT2D eigenvalue weighted by Gasteiger charge is 2.47. The molecule has 4 heterocycles. The Balaban J connectivity index is 0.000000383. The molecule has 0 bridgehead atoms. The number of carboxylic acids is 1. The van der Waals surface area contributed by atoms with E-state index in [9.17, 15) is 22.8 Å². The molecule has 0 saturated carbocycles. The summed E-state index contributed by atoms with van der Waals surface area (Å²) < 4.78 is 36.6. The van der Waals surface area contributed by atoms with Gasteiger partial charge in [0.05, 0.1) is 5.69 Å². The first kappa shape index (κ1) is 24.2. The Hall–Kier alpha value is -3.44. The van der Waals surface area contributed by atoms with Crippen LogP contribution in [0.15, 0.2) is 35.3 Å². The standard InChI is InChI=1S/C19H22N4O3.C2HF3O2/c1-14-16(13-26-21-14)18(25)22-9-6-19(7-10-22)5-4-17(24)23(19)12-15-3-2-8-20-11-15;3-2(4,5)1(6)7/h2-3,8,11,13H,4-7,9-10,12H2,1H3;(H,6,7). The van der Waals surface area contributed by atoms with Crippen molar-refractivity contribution < 1.29 is 37.2 Å². The van der Waals surface area contributed by atoms with Gasteiger partial charge < -0.3 is 19.4 Å². The monoisotopic (exact) mass is 468 g/mol. The summed E-state index contributed by atoms with van der Waals surface area (Å²) in [5, 5.41) is 10.9. The molecule has 12 heteroatoms. The minimum absolute atomic E-state index is 0.0401. The number of hydrogen-bond acceptors (Lipinski definition) is 6. The van der Waals surface area contributed by atoms with Gasteiger partial charge in [-0.1, -0.05) is 11.2 Å². The van der Waals surface area contributed by atoms with Gasteiger partial charge in [0, 0.05) is 44.0 Å². The van der Waals surface area contributed by atoms with Gasteiger partial charge in [-0.2, -0.15) is 13.2 Å². The van der Waals surface area contributed by atoms with Gasteiger partial charge >= 0.3 is 12.1 Å². The molecule has 1 N–H and O–H groups in total. The van der Waals surface area contributed by atoms with E-state index in [0.717, 1.165) is 24.8 Å². The summed E-state index contributed by atoms with van der Waals surface area (Å²) in [7, 11) is 0. The zero-order valence-corrected chi connectivity index (χ0v) is 17.8. The molecular weight excluding hydrogens is 445 g/mol. The molecule has 2 fully saturated rings. The number of aryl methyl sites for hydroxylation is 1. The molecule has 2 aliphatic heterocycles. The summed E-state index contributed by atoms with van der Waals surface area (Å²) in [4.78, 5) is 42.1. The number of aromatic nitrogens is 2. The molecule has 0 unspecified atom stereocenters. The van der Waals surface area contributed by atoms with Crippen LogP contribution in [0.25, 0.3) is 0 Å². The Kier molecular flexibility index (Phi) is 7.04. The molecule has 2 saturated heterocycles. The third-order valence-electron chi connectivity index (χ3n) is 5.95. The van der Waals surface area contributed by atoms with Gasteiger partial charge in [0.1, 0.15) is 11.8 Å². The van der Waals surface area contributed by atoms with Gasteiger partial charge in [-0.3, -0.25) is 14.6 Å². The zero-order chi connectivity index (χ0) is 24.2. The lowest BCUT2D eigenvalue weighted by Crippen LogP contribution is -2.53. The van der Waals surface area contributed by atoms with Crippen molar-refractivity contribution in [2.45, 2.75) is 50.9 Å². The van der Waals surface area contributed by atoms with E-state index in [-0.39, 0.29) is 17.4 Å². The quantitative estimate of drug-likeness (QED) is 0.736. The molecule has 2 aromatic rings. The number of halogens is 3. The Morgan fingerprint density at radius 1 is 1.24 bits per heavy atom. The van der Waals surface area contributed by atoms with Crippen molar-refractivity contribution in [2.75, 3.05) is 13.1 Å². The van der Waals surface area contributed by atoms with E-state index >= 15 is 0 Å². The lowest BCUT2D eigenvalue weighted by atomic mass is 9.84. The number of carbonyl (C=O) groups is 3. The molecule has 1 spiro atoms. The highest BCUT2D eigenvalue weighted by atomic mass is 19.4. The molecule has 2 aromatic heterocycles. The van der Waals surface area contributed by atoms with Crippen LogP contribution >= 0.6 is 0 Å². The van der Waals surface area contributed by atoms with E-state index < -0.39 is 12.1 Å². The Labute approximate surface area is 187 Å². The van der Waals surface area contributed by atoms with Gasteiger partial charge in [-0.15, -0.1) is 0 Å². The van der Waals surface area contributed by atoms with Gasteiger partial charge in [-0.05, 0) is 37.8 Å². The average molecular weight is 468 g/mol. The molecule has 2 amide bonds. The van der Waals surface area contributed by atoms with Crippen molar-refractivity contribution in [1.82, 2.24) is 19.9 Å². The van der Waals surface area contributed by atoms with Crippen LogP contribution in [0, 0.1) is 6.92 Å². The molecule has 0 aliphatic carbocycles. The van der Waals surface area contributed by atoms with E-state index in [1.165, 1.54) is 6.26 Å². The van der Waals surface area contributed by atoms with Crippen molar-refractivity contribution in [3.05, 3.63) is 47.6 Å². The summed E-state index contributed by atoms with van der Waals surface area (Å²) in [6, 6.07) is 3.89. The smallest absolute Gasteiger partial charge is 0.475 e. The van der Waals surface area contributed by atoms with E-state index in [2.05, 4.69) is 10.1 Å². The SMILES string of the molecule is Cc1nocc1C(=O)N1CCC2(CCC(=O)N2Cc2cccnc2)CC1.O=C(O)C(F)(F)F. The number of carboxylic acid groups (broad SMARTS) is 1. The topological polar surface area (TPSA) is 117 Å². The molecule has 0 aromatic carbocycles. The summed E-state index contributed by atoms with van der Waals surface area (Å²) in [5.74, 6) is -2.60. The summed E-state index contributed by atoms with van der Waals surface area (Å²) in [6.07, 6.45) is 2.92. The second kappa shape index (κ2) is 9.59. The predicted molar refractivity (Wildman–Crippen MR) is 107 cm³/mol. The Morgan fingerprint density at radius 3 is 2.42 bits per heavy atom. The number of carbonyl (C=O) groups excluding carboxylic acids is 2. The minimum atomic E-state index is -5.08. The number of hydrogen-bond donors (Lipinski definition) is 1. The molecular formula is C21H23F3N4O5. The summed E-state index contributed by atoms with van der Waals surface area (Å²) in [6.45, 7) is 3.64. The Morgan fingerprint density at radius 2 is 1.91 bits per heavy atom. The van der Waals surface area contributed by atoms with Crippen molar-refractivity contribution in [3.8, 4) is 0 Å². The van der Waals surface area contributed by atoms with E-state index in [0.29, 0.717) is 37.3 Å². The fourth-order valence-corrected chi connectivity index (χ4v) is 4.12. The summed E-state index contributed by atoms with van der Waals surface area (Å²) in [5.41, 5.74) is 2.04. The highest BCUT2D eigenvalue weighted by Crippen LogP contribution is 2.40. The predicted octanol–water partition coefficient (Wildman–Crippen LogP) is 2.81. The third kappa shape index (κ3) is 5.49. The van der Waals surface area contributed by atoms with Crippen LogP contribution in [0.5, 0.6) is 0 Å². The normalized spacial score (nSPS) is 17.6. The van der Waals surface area contributed by atoms with E-state index in [1.807, 2.05) is 28.1 Å². The lowest BCUT2D eigenvalue weighted by molar-refractivity contribution is -0.192. The van der Waals surface area contributed by atoms with Gasteiger partial charge in [0.2, 0.25) is 5.91 Å². The zero-order valence-electron chi connectivity index (χ0n) is 17.8. The second-order valence-electron chi connectivity index (χ2n) is 7.97. The number of nitrogens with zero attached hydrogens (tertiary/aromatic N) is 4. The van der Waals surface area contributed by atoms with Crippen molar-refractivity contribution in [2.24, 2.45) is 0 Å². The van der Waals surface area contributed by atoms with Crippen LogP contribution in [0.4, 0.5) is 13.2 Å². The molecule has 0 radical (unpaired) electrons. The van der Waals surface area contributed by atoms with Crippen LogP contribution in [0.1, 0.15) is 47.3 Å². The lowest BCUT2D eigenvalue weighted by Gasteiger charge is -2.45. The number of alkyl halides is 3. The minimum Gasteiger partial charge on any atom is -0.475 e. The van der Waals surface area contributed by atoms with Crippen LogP contribution in [-0.2, 0) is 16.1 Å². The molecule has 4 rings (SSSR count). The molecule has 2 aliphatic rings. The van der Waals surface area contributed by atoms with Crippen LogP contribution in [-0.4, -0.2) is 67.6 Å².